The number of ether oxygens (including phenoxy) is 3. The molecule has 0 aromatic heterocycles. The van der Waals surface area contributed by atoms with E-state index < -0.39 is 5.97 Å². The molecule has 0 fully saturated rings. The Balaban J connectivity index is 1.99. The highest BCUT2D eigenvalue weighted by atomic mass is 16.6. The predicted octanol–water partition coefficient (Wildman–Crippen LogP) is 3.36. The smallest absolute Gasteiger partial charge is 0.363 e. The summed E-state index contributed by atoms with van der Waals surface area (Å²) < 4.78 is 15.8. The van der Waals surface area contributed by atoms with Gasteiger partial charge in [-0.2, -0.15) is 0 Å². The zero-order chi connectivity index (χ0) is 17.1. The minimum atomic E-state index is -0.477. The van der Waals surface area contributed by atoms with Gasteiger partial charge in [0.05, 0.1) is 14.2 Å². The van der Waals surface area contributed by atoms with Crippen LogP contribution >= 0.6 is 0 Å². The van der Waals surface area contributed by atoms with Crippen LogP contribution in [0.2, 0.25) is 0 Å². The van der Waals surface area contributed by atoms with E-state index in [1.54, 1.807) is 38.5 Å². The Morgan fingerprint density at radius 2 is 1.71 bits per heavy atom. The fraction of sp³-hybridized carbons (Fsp3) is 0.158. The van der Waals surface area contributed by atoms with Crippen LogP contribution in [0.4, 0.5) is 0 Å². The summed E-state index contributed by atoms with van der Waals surface area (Å²) in [5.41, 5.74) is 2.78. The average Bonchev–Trinajstić information content (AvgIpc) is 2.95. The zero-order valence-electron chi connectivity index (χ0n) is 13.7. The summed E-state index contributed by atoms with van der Waals surface area (Å²) in [6.07, 6.45) is 1.65. The molecule has 0 saturated heterocycles. The van der Waals surface area contributed by atoms with E-state index in [1.165, 1.54) is 0 Å². The molecule has 0 N–H and O–H groups in total. The number of cyclic esters (lactones) is 1. The van der Waals surface area contributed by atoms with Crippen molar-refractivity contribution in [2.45, 2.75) is 6.92 Å². The topological polar surface area (TPSA) is 57.1 Å². The van der Waals surface area contributed by atoms with Gasteiger partial charge >= 0.3 is 5.97 Å². The van der Waals surface area contributed by atoms with Crippen LogP contribution in [0, 0.1) is 6.92 Å². The number of benzene rings is 2. The van der Waals surface area contributed by atoms with Gasteiger partial charge in [0.25, 0.3) is 0 Å². The fourth-order valence-corrected chi connectivity index (χ4v) is 2.41. The largest absolute Gasteiger partial charge is 0.497 e. The predicted molar refractivity (Wildman–Crippen MR) is 91.3 cm³/mol. The van der Waals surface area contributed by atoms with Crippen LogP contribution in [0.15, 0.2) is 53.2 Å². The minimum Gasteiger partial charge on any atom is -0.497 e. The summed E-state index contributed by atoms with van der Waals surface area (Å²) in [7, 11) is 3.15. The summed E-state index contributed by atoms with van der Waals surface area (Å²) in [6.45, 7) is 1.94. The van der Waals surface area contributed by atoms with E-state index >= 15 is 0 Å². The maximum Gasteiger partial charge on any atom is 0.363 e. The lowest BCUT2D eigenvalue weighted by Crippen LogP contribution is -2.06. The van der Waals surface area contributed by atoms with Gasteiger partial charge in [0.2, 0.25) is 5.90 Å². The van der Waals surface area contributed by atoms with Gasteiger partial charge in [-0.05, 0) is 42.3 Å². The molecule has 5 heteroatoms. The molecule has 1 aliphatic rings. The summed E-state index contributed by atoms with van der Waals surface area (Å²) in [5.74, 6) is 1.11. The van der Waals surface area contributed by atoms with Crippen molar-refractivity contribution in [3.8, 4) is 11.5 Å². The van der Waals surface area contributed by atoms with Crippen molar-refractivity contribution in [2.75, 3.05) is 14.2 Å². The van der Waals surface area contributed by atoms with Crippen molar-refractivity contribution in [2.24, 2.45) is 4.99 Å². The molecule has 24 heavy (non-hydrogen) atoms. The van der Waals surface area contributed by atoms with Crippen molar-refractivity contribution >= 4 is 17.9 Å². The molecule has 0 saturated carbocycles. The Bertz CT molecular complexity index is 830. The number of esters is 1. The van der Waals surface area contributed by atoms with E-state index in [9.17, 15) is 4.79 Å². The first-order chi connectivity index (χ1) is 11.6. The third-order valence-electron chi connectivity index (χ3n) is 3.67. The van der Waals surface area contributed by atoms with E-state index in [0.29, 0.717) is 17.4 Å². The molecule has 2 aromatic carbocycles. The Kier molecular flexibility index (Phi) is 4.33. The number of rotatable bonds is 4. The molecule has 1 heterocycles. The number of carbonyl (C=O) groups excluding carboxylic acids is 1. The Morgan fingerprint density at radius 1 is 1.04 bits per heavy atom. The van der Waals surface area contributed by atoms with E-state index in [-0.39, 0.29) is 5.70 Å². The summed E-state index contributed by atoms with van der Waals surface area (Å²) in [6, 6.07) is 13.0. The molecule has 0 spiro atoms. The second kappa shape index (κ2) is 6.58. The molecule has 5 nitrogen and oxygen atoms in total. The number of aryl methyl sites for hydroxylation is 1. The normalized spacial score (nSPS) is 15.2. The first-order valence-corrected chi connectivity index (χ1v) is 7.42. The molecule has 2 aromatic rings. The lowest BCUT2D eigenvalue weighted by molar-refractivity contribution is -0.129. The van der Waals surface area contributed by atoms with Crippen LogP contribution in [-0.4, -0.2) is 26.1 Å². The summed E-state index contributed by atoms with van der Waals surface area (Å²) in [4.78, 5) is 16.4. The SMILES string of the molecule is COc1cc(/C=C2\N=C(c3ccccc3C)OC2=O)cc(OC)c1. The third kappa shape index (κ3) is 3.15. The molecule has 122 valence electrons. The molecular formula is C19H17NO4. The van der Waals surface area contributed by atoms with Crippen LogP contribution in [0.3, 0.4) is 0 Å². The number of aliphatic imine (C=N–C) groups is 1. The monoisotopic (exact) mass is 323 g/mol. The quantitative estimate of drug-likeness (QED) is 0.639. The second-order valence-electron chi connectivity index (χ2n) is 5.30. The van der Waals surface area contributed by atoms with Crippen molar-refractivity contribution in [1.29, 1.82) is 0 Å². The van der Waals surface area contributed by atoms with E-state index in [0.717, 1.165) is 16.7 Å². The number of methoxy groups -OCH3 is 2. The van der Waals surface area contributed by atoms with Crippen LogP contribution in [0.25, 0.3) is 6.08 Å². The van der Waals surface area contributed by atoms with Gasteiger partial charge in [-0.1, -0.05) is 18.2 Å². The van der Waals surface area contributed by atoms with Gasteiger partial charge in [-0.15, -0.1) is 0 Å². The highest BCUT2D eigenvalue weighted by molar-refractivity contribution is 6.13. The van der Waals surface area contributed by atoms with Gasteiger partial charge in [-0.3, -0.25) is 0 Å². The molecule has 1 aliphatic heterocycles. The molecule has 0 unspecified atom stereocenters. The highest BCUT2D eigenvalue weighted by Gasteiger charge is 2.25. The molecule has 0 amide bonds. The highest BCUT2D eigenvalue weighted by Crippen LogP contribution is 2.26. The van der Waals surface area contributed by atoms with Gasteiger partial charge in [-0.25, -0.2) is 9.79 Å². The van der Waals surface area contributed by atoms with Gasteiger partial charge in [0.15, 0.2) is 5.70 Å². The molecule has 0 atom stereocenters. The van der Waals surface area contributed by atoms with Gasteiger partial charge in [0, 0.05) is 11.6 Å². The molecule has 0 bridgehead atoms. The van der Waals surface area contributed by atoms with Crippen LogP contribution in [0.1, 0.15) is 16.7 Å². The standard InChI is InChI=1S/C19H17NO4/c1-12-6-4-5-7-16(12)18-20-17(19(21)24-18)10-13-8-14(22-2)11-15(9-13)23-3/h4-11H,1-3H3/b17-10-. The van der Waals surface area contributed by atoms with Crippen LogP contribution < -0.4 is 9.47 Å². The zero-order valence-corrected chi connectivity index (χ0v) is 13.7. The number of carbonyl (C=O) groups is 1. The van der Waals surface area contributed by atoms with E-state index in [1.807, 2.05) is 31.2 Å². The maximum atomic E-state index is 12.1. The molecule has 0 radical (unpaired) electrons. The van der Waals surface area contributed by atoms with Crippen LogP contribution in [0.5, 0.6) is 11.5 Å². The number of hydrogen-bond donors (Lipinski definition) is 0. The van der Waals surface area contributed by atoms with Crippen molar-refractivity contribution < 1.29 is 19.0 Å². The van der Waals surface area contributed by atoms with Crippen molar-refractivity contribution in [1.82, 2.24) is 0 Å². The number of hydrogen-bond acceptors (Lipinski definition) is 5. The molecule has 0 aliphatic carbocycles. The Morgan fingerprint density at radius 3 is 2.33 bits per heavy atom. The molecular weight excluding hydrogens is 306 g/mol. The first kappa shape index (κ1) is 15.8. The lowest BCUT2D eigenvalue weighted by Gasteiger charge is -2.05. The number of nitrogens with zero attached hydrogens (tertiary/aromatic N) is 1. The maximum absolute atomic E-state index is 12.1. The summed E-state index contributed by atoms with van der Waals surface area (Å²) in [5, 5.41) is 0. The van der Waals surface area contributed by atoms with E-state index in [4.69, 9.17) is 14.2 Å². The van der Waals surface area contributed by atoms with Crippen molar-refractivity contribution in [3.05, 3.63) is 64.9 Å². The first-order valence-electron chi connectivity index (χ1n) is 7.42. The third-order valence-corrected chi connectivity index (χ3v) is 3.67. The fourth-order valence-electron chi connectivity index (χ4n) is 2.41. The lowest BCUT2D eigenvalue weighted by atomic mass is 10.1. The van der Waals surface area contributed by atoms with Gasteiger partial charge in [0.1, 0.15) is 11.5 Å². The Labute approximate surface area is 140 Å². The Hall–Kier alpha value is -3.08. The summed E-state index contributed by atoms with van der Waals surface area (Å²) >= 11 is 0. The molecule has 3 rings (SSSR count). The average molecular weight is 323 g/mol. The van der Waals surface area contributed by atoms with Crippen LogP contribution in [-0.2, 0) is 9.53 Å². The van der Waals surface area contributed by atoms with Crippen molar-refractivity contribution in [3.63, 3.8) is 0 Å². The minimum absolute atomic E-state index is 0.239. The second-order valence-corrected chi connectivity index (χ2v) is 5.30. The van der Waals surface area contributed by atoms with E-state index in [2.05, 4.69) is 4.99 Å². The van der Waals surface area contributed by atoms with Gasteiger partial charge < -0.3 is 14.2 Å².